The van der Waals surface area contributed by atoms with Gasteiger partial charge in [0.05, 0.1) is 11.6 Å². The van der Waals surface area contributed by atoms with Crippen LogP contribution in [0.5, 0.6) is 0 Å². The Hall–Kier alpha value is -2.37. The standard InChI is InChI=1S/C21H25F3N2O/c1-20(2,3)19(15-8-6-9-16(14-15)21(22,23)24)26-18(27)12-7-11-17-10-4-5-13-25-17/h4-6,8-10,13-14,19H,7,11-12H2,1-3H3,(H,26,27). The topological polar surface area (TPSA) is 42.0 Å². The second-order valence-corrected chi connectivity index (χ2v) is 7.66. The summed E-state index contributed by atoms with van der Waals surface area (Å²) in [6, 6.07) is 10.3. The molecule has 0 saturated heterocycles. The van der Waals surface area contributed by atoms with Gasteiger partial charge in [-0.25, -0.2) is 0 Å². The summed E-state index contributed by atoms with van der Waals surface area (Å²) in [6.45, 7) is 5.68. The lowest BCUT2D eigenvalue weighted by molar-refractivity contribution is -0.137. The van der Waals surface area contributed by atoms with Crippen molar-refractivity contribution < 1.29 is 18.0 Å². The Kier molecular flexibility index (Phi) is 6.63. The summed E-state index contributed by atoms with van der Waals surface area (Å²) < 4.78 is 39.1. The number of amides is 1. The number of pyridine rings is 1. The van der Waals surface area contributed by atoms with Crippen LogP contribution in [0.25, 0.3) is 0 Å². The molecule has 146 valence electrons. The third-order valence-corrected chi connectivity index (χ3v) is 4.28. The average Bonchev–Trinajstić information content (AvgIpc) is 2.59. The van der Waals surface area contributed by atoms with E-state index in [1.807, 2.05) is 39.0 Å². The van der Waals surface area contributed by atoms with Crippen molar-refractivity contribution in [3.63, 3.8) is 0 Å². The van der Waals surface area contributed by atoms with Crippen molar-refractivity contribution in [3.05, 3.63) is 65.5 Å². The van der Waals surface area contributed by atoms with Gasteiger partial charge in [-0.1, -0.05) is 39.0 Å². The van der Waals surface area contributed by atoms with E-state index in [0.29, 0.717) is 24.8 Å². The largest absolute Gasteiger partial charge is 0.416 e. The fourth-order valence-corrected chi connectivity index (χ4v) is 2.90. The predicted molar refractivity (Wildman–Crippen MR) is 99.0 cm³/mol. The van der Waals surface area contributed by atoms with Crippen LogP contribution in [0.2, 0.25) is 0 Å². The number of halogens is 3. The van der Waals surface area contributed by atoms with E-state index in [0.717, 1.165) is 17.8 Å². The molecule has 0 saturated carbocycles. The molecule has 2 rings (SSSR count). The van der Waals surface area contributed by atoms with Crippen LogP contribution < -0.4 is 5.32 Å². The van der Waals surface area contributed by atoms with Gasteiger partial charge in [-0.05, 0) is 48.1 Å². The van der Waals surface area contributed by atoms with Gasteiger partial charge in [-0.3, -0.25) is 9.78 Å². The third-order valence-electron chi connectivity index (χ3n) is 4.28. The molecule has 1 atom stereocenters. The van der Waals surface area contributed by atoms with Crippen molar-refractivity contribution in [1.82, 2.24) is 10.3 Å². The molecule has 1 heterocycles. The van der Waals surface area contributed by atoms with Crippen LogP contribution in [0, 0.1) is 5.41 Å². The van der Waals surface area contributed by atoms with Crippen molar-refractivity contribution in [1.29, 1.82) is 0 Å². The minimum Gasteiger partial charge on any atom is -0.349 e. The summed E-state index contributed by atoms with van der Waals surface area (Å²) in [7, 11) is 0. The zero-order valence-electron chi connectivity index (χ0n) is 15.8. The van der Waals surface area contributed by atoms with Gasteiger partial charge >= 0.3 is 6.18 Å². The molecule has 1 N–H and O–H groups in total. The molecule has 1 aromatic heterocycles. The number of benzene rings is 1. The number of alkyl halides is 3. The maximum absolute atomic E-state index is 13.0. The van der Waals surface area contributed by atoms with Gasteiger partial charge in [0.2, 0.25) is 5.91 Å². The molecule has 0 aliphatic rings. The van der Waals surface area contributed by atoms with E-state index in [-0.39, 0.29) is 5.91 Å². The average molecular weight is 378 g/mol. The summed E-state index contributed by atoms with van der Waals surface area (Å²) in [5, 5.41) is 2.91. The highest BCUT2D eigenvalue weighted by atomic mass is 19.4. The second kappa shape index (κ2) is 8.55. The highest BCUT2D eigenvalue weighted by Crippen LogP contribution is 2.36. The zero-order chi connectivity index (χ0) is 20.1. The highest BCUT2D eigenvalue weighted by Gasteiger charge is 2.33. The van der Waals surface area contributed by atoms with Gasteiger partial charge in [-0.15, -0.1) is 0 Å². The molecular weight excluding hydrogens is 353 g/mol. The fraction of sp³-hybridized carbons (Fsp3) is 0.429. The SMILES string of the molecule is CC(C)(C)C(NC(=O)CCCc1ccccn1)c1cccc(C(F)(F)F)c1. The summed E-state index contributed by atoms with van der Waals surface area (Å²) in [4.78, 5) is 16.6. The minimum atomic E-state index is -4.41. The molecule has 0 radical (unpaired) electrons. The quantitative estimate of drug-likeness (QED) is 0.738. The Bertz CT molecular complexity index is 752. The van der Waals surface area contributed by atoms with E-state index in [1.165, 1.54) is 6.07 Å². The van der Waals surface area contributed by atoms with Crippen molar-refractivity contribution >= 4 is 5.91 Å². The van der Waals surface area contributed by atoms with Crippen LogP contribution in [0.1, 0.15) is 56.5 Å². The molecule has 1 amide bonds. The van der Waals surface area contributed by atoms with E-state index in [9.17, 15) is 18.0 Å². The number of hydrogen-bond acceptors (Lipinski definition) is 2. The van der Waals surface area contributed by atoms with Crippen molar-refractivity contribution in [2.75, 3.05) is 0 Å². The molecule has 0 fully saturated rings. The van der Waals surface area contributed by atoms with Crippen molar-refractivity contribution in [2.45, 2.75) is 52.3 Å². The van der Waals surface area contributed by atoms with Gasteiger partial charge in [0.25, 0.3) is 0 Å². The van der Waals surface area contributed by atoms with Crippen LogP contribution in [-0.2, 0) is 17.4 Å². The first-order valence-corrected chi connectivity index (χ1v) is 8.94. The molecule has 1 aromatic carbocycles. The molecule has 0 spiro atoms. The first-order chi connectivity index (χ1) is 12.6. The summed E-state index contributed by atoms with van der Waals surface area (Å²) in [5.41, 5.74) is 0.227. The number of aromatic nitrogens is 1. The number of carbonyl (C=O) groups is 1. The minimum absolute atomic E-state index is 0.178. The number of carbonyl (C=O) groups excluding carboxylic acids is 1. The van der Waals surface area contributed by atoms with Crippen LogP contribution in [0.4, 0.5) is 13.2 Å². The maximum Gasteiger partial charge on any atom is 0.416 e. The third kappa shape index (κ3) is 6.38. The Morgan fingerprint density at radius 3 is 2.44 bits per heavy atom. The fourth-order valence-electron chi connectivity index (χ4n) is 2.90. The van der Waals surface area contributed by atoms with Crippen LogP contribution in [0.15, 0.2) is 48.7 Å². The van der Waals surface area contributed by atoms with E-state index in [1.54, 1.807) is 12.3 Å². The molecule has 2 aromatic rings. The van der Waals surface area contributed by atoms with Gasteiger partial charge in [0.1, 0.15) is 0 Å². The molecule has 27 heavy (non-hydrogen) atoms. The van der Waals surface area contributed by atoms with Gasteiger partial charge in [0, 0.05) is 18.3 Å². The summed E-state index contributed by atoms with van der Waals surface area (Å²) in [5.74, 6) is -0.178. The van der Waals surface area contributed by atoms with Crippen LogP contribution >= 0.6 is 0 Å². The molecular formula is C21H25F3N2O. The Morgan fingerprint density at radius 2 is 1.85 bits per heavy atom. The van der Waals surface area contributed by atoms with Crippen molar-refractivity contribution in [3.8, 4) is 0 Å². The molecule has 0 bridgehead atoms. The molecule has 1 unspecified atom stereocenters. The van der Waals surface area contributed by atoms with E-state index in [4.69, 9.17) is 0 Å². The first kappa shape index (κ1) is 20.9. The Morgan fingerprint density at radius 1 is 1.11 bits per heavy atom. The van der Waals surface area contributed by atoms with E-state index in [2.05, 4.69) is 10.3 Å². The number of nitrogens with zero attached hydrogens (tertiary/aromatic N) is 1. The van der Waals surface area contributed by atoms with Gasteiger partial charge in [-0.2, -0.15) is 13.2 Å². The maximum atomic E-state index is 13.0. The number of nitrogens with one attached hydrogen (secondary N) is 1. The van der Waals surface area contributed by atoms with Crippen molar-refractivity contribution in [2.24, 2.45) is 5.41 Å². The number of hydrogen-bond donors (Lipinski definition) is 1. The normalized spacial score (nSPS) is 13.3. The van der Waals surface area contributed by atoms with E-state index < -0.39 is 23.2 Å². The molecule has 0 aliphatic carbocycles. The number of rotatable bonds is 6. The first-order valence-electron chi connectivity index (χ1n) is 8.94. The monoisotopic (exact) mass is 378 g/mol. The predicted octanol–water partition coefficient (Wildman–Crippen LogP) is 5.33. The van der Waals surface area contributed by atoms with Gasteiger partial charge in [0.15, 0.2) is 0 Å². The zero-order valence-corrected chi connectivity index (χ0v) is 15.8. The molecule has 6 heteroatoms. The second-order valence-electron chi connectivity index (χ2n) is 7.66. The summed E-state index contributed by atoms with van der Waals surface area (Å²) in [6.07, 6.45) is -1.10. The lowest BCUT2D eigenvalue weighted by Crippen LogP contribution is -2.36. The highest BCUT2D eigenvalue weighted by molar-refractivity contribution is 5.76. The molecule has 0 aliphatic heterocycles. The Balaban J connectivity index is 2.05. The Labute approximate surface area is 158 Å². The van der Waals surface area contributed by atoms with E-state index >= 15 is 0 Å². The molecule has 3 nitrogen and oxygen atoms in total. The smallest absolute Gasteiger partial charge is 0.349 e. The lowest BCUT2D eigenvalue weighted by Gasteiger charge is -2.32. The summed E-state index contributed by atoms with van der Waals surface area (Å²) >= 11 is 0. The van der Waals surface area contributed by atoms with Crippen LogP contribution in [-0.4, -0.2) is 10.9 Å². The van der Waals surface area contributed by atoms with Gasteiger partial charge < -0.3 is 5.32 Å². The number of aryl methyl sites for hydroxylation is 1. The lowest BCUT2D eigenvalue weighted by atomic mass is 9.81. The van der Waals surface area contributed by atoms with Crippen LogP contribution in [0.3, 0.4) is 0 Å².